The van der Waals surface area contributed by atoms with Gasteiger partial charge >= 0.3 is 0 Å². The van der Waals surface area contributed by atoms with Crippen LogP contribution in [0.4, 0.5) is 0 Å². The molecule has 1 radical (unpaired) electrons. The van der Waals surface area contributed by atoms with E-state index in [1.807, 2.05) is 7.11 Å². The Labute approximate surface area is 128 Å². The Balaban J connectivity index is 1.93. The molecular formula is C20H23O. The summed E-state index contributed by atoms with van der Waals surface area (Å²) in [5.41, 5.74) is 2.70. The van der Waals surface area contributed by atoms with Crippen LogP contribution < -0.4 is 0 Å². The maximum Gasteiger partial charge on any atom is 0.0574 e. The molecule has 109 valence electrons. The van der Waals surface area contributed by atoms with Gasteiger partial charge in [0.2, 0.25) is 0 Å². The van der Waals surface area contributed by atoms with E-state index in [1.165, 1.54) is 36.3 Å². The number of hydrogen-bond donors (Lipinski definition) is 0. The van der Waals surface area contributed by atoms with Crippen LogP contribution in [-0.2, 0) is 4.74 Å². The molecule has 2 unspecified atom stereocenters. The van der Waals surface area contributed by atoms with Crippen molar-refractivity contribution in [2.24, 2.45) is 5.92 Å². The number of benzene rings is 2. The van der Waals surface area contributed by atoms with Gasteiger partial charge in [-0.2, -0.15) is 0 Å². The summed E-state index contributed by atoms with van der Waals surface area (Å²) in [5, 5.41) is 0. The van der Waals surface area contributed by atoms with Gasteiger partial charge in [-0.15, -0.1) is 0 Å². The van der Waals surface area contributed by atoms with E-state index >= 15 is 0 Å². The molecule has 0 heterocycles. The minimum absolute atomic E-state index is 0.408. The molecule has 1 aliphatic carbocycles. The van der Waals surface area contributed by atoms with E-state index < -0.39 is 0 Å². The summed E-state index contributed by atoms with van der Waals surface area (Å²) in [6.45, 7) is 0. The second-order valence-electron chi connectivity index (χ2n) is 5.87. The topological polar surface area (TPSA) is 9.23 Å². The van der Waals surface area contributed by atoms with Crippen LogP contribution in [0, 0.1) is 11.8 Å². The fourth-order valence-electron chi connectivity index (χ4n) is 3.49. The molecule has 1 saturated carbocycles. The monoisotopic (exact) mass is 279 g/mol. The Morgan fingerprint density at radius 2 is 1.43 bits per heavy atom. The number of ether oxygens (including phenoxy) is 1. The summed E-state index contributed by atoms with van der Waals surface area (Å²) in [6.07, 6.45) is 5.26. The van der Waals surface area contributed by atoms with E-state index in [9.17, 15) is 0 Å². The number of hydrogen-bond acceptors (Lipinski definition) is 1. The van der Waals surface area contributed by atoms with Crippen molar-refractivity contribution < 1.29 is 4.74 Å². The largest absolute Gasteiger partial charge is 0.381 e. The van der Waals surface area contributed by atoms with Crippen LogP contribution in [0.2, 0.25) is 0 Å². The third kappa shape index (κ3) is 3.36. The standard InChI is InChI=1S/C20H23O/c1-21-19-14-8-13-18(15-19)20(16-9-4-2-5-10-16)17-11-6-3-7-12-17/h2-7,9-12,18-19H,8,13-15H2,1H3. The van der Waals surface area contributed by atoms with Gasteiger partial charge in [0.25, 0.3) is 0 Å². The zero-order valence-electron chi connectivity index (χ0n) is 12.7. The van der Waals surface area contributed by atoms with E-state index in [4.69, 9.17) is 4.74 Å². The van der Waals surface area contributed by atoms with Crippen molar-refractivity contribution in [1.29, 1.82) is 0 Å². The Morgan fingerprint density at radius 3 is 1.95 bits per heavy atom. The lowest BCUT2D eigenvalue weighted by Crippen LogP contribution is -2.27. The molecule has 0 saturated heterocycles. The first-order valence-electron chi connectivity index (χ1n) is 7.89. The van der Waals surface area contributed by atoms with Gasteiger partial charge in [0.1, 0.15) is 0 Å². The third-order valence-electron chi connectivity index (χ3n) is 4.54. The second kappa shape index (κ2) is 6.91. The van der Waals surface area contributed by atoms with Crippen molar-refractivity contribution in [1.82, 2.24) is 0 Å². The molecule has 3 rings (SSSR count). The highest BCUT2D eigenvalue weighted by Crippen LogP contribution is 2.40. The zero-order chi connectivity index (χ0) is 14.5. The third-order valence-corrected chi connectivity index (χ3v) is 4.54. The number of methoxy groups -OCH3 is 1. The van der Waals surface area contributed by atoms with Crippen LogP contribution in [0.5, 0.6) is 0 Å². The van der Waals surface area contributed by atoms with Gasteiger partial charge in [-0.25, -0.2) is 0 Å². The highest BCUT2D eigenvalue weighted by Gasteiger charge is 2.30. The molecule has 0 amide bonds. The zero-order valence-corrected chi connectivity index (χ0v) is 12.7. The Morgan fingerprint density at radius 1 is 0.857 bits per heavy atom. The molecule has 0 aromatic heterocycles. The highest BCUT2D eigenvalue weighted by molar-refractivity contribution is 5.46. The molecule has 0 aliphatic heterocycles. The summed E-state index contributed by atoms with van der Waals surface area (Å²) in [5.74, 6) is 2.08. The van der Waals surface area contributed by atoms with Crippen LogP contribution in [0.15, 0.2) is 60.7 Å². The van der Waals surface area contributed by atoms with E-state index in [1.54, 1.807) is 0 Å². The predicted molar refractivity (Wildman–Crippen MR) is 87.1 cm³/mol. The van der Waals surface area contributed by atoms with Gasteiger partial charge in [-0.1, -0.05) is 67.1 Å². The van der Waals surface area contributed by atoms with Crippen LogP contribution in [0.25, 0.3) is 0 Å². The molecule has 2 aromatic rings. The molecular weight excluding hydrogens is 256 g/mol. The van der Waals surface area contributed by atoms with Crippen molar-refractivity contribution in [2.75, 3.05) is 7.11 Å². The average Bonchev–Trinajstić information content (AvgIpc) is 2.57. The van der Waals surface area contributed by atoms with Crippen molar-refractivity contribution >= 4 is 0 Å². The molecule has 0 bridgehead atoms. The minimum atomic E-state index is 0.408. The number of rotatable bonds is 4. The molecule has 21 heavy (non-hydrogen) atoms. The fraction of sp³-hybridized carbons (Fsp3) is 0.350. The van der Waals surface area contributed by atoms with Gasteiger partial charge in [-0.3, -0.25) is 0 Å². The van der Waals surface area contributed by atoms with E-state index in [0.717, 1.165) is 6.42 Å². The summed E-state index contributed by atoms with van der Waals surface area (Å²) < 4.78 is 5.63. The molecule has 2 aromatic carbocycles. The Kier molecular flexibility index (Phi) is 4.72. The summed E-state index contributed by atoms with van der Waals surface area (Å²) >= 11 is 0. The van der Waals surface area contributed by atoms with Crippen molar-refractivity contribution in [2.45, 2.75) is 31.8 Å². The van der Waals surface area contributed by atoms with Gasteiger partial charge in [0.15, 0.2) is 0 Å². The molecule has 1 heteroatoms. The SMILES string of the molecule is COC1CCCC([C](c2ccccc2)c2ccccc2)C1. The molecule has 1 nitrogen and oxygen atoms in total. The Hall–Kier alpha value is -1.60. The smallest absolute Gasteiger partial charge is 0.0574 e. The van der Waals surface area contributed by atoms with E-state index in [2.05, 4.69) is 60.7 Å². The lowest BCUT2D eigenvalue weighted by atomic mass is 9.73. The van der Waals surface area contributed by atoms with Crippen LogP contribution in [-0.4, -0.2) is 13.2 Å². The summed E-state index contributed by atoms with van der Waals surface area (Å²) in [4.78, 5) is 0. The Bertz CT molecular complexity index is 495. The van der Waals surface area contributed by atoms with Gasteiger partial charge in [0.05, 0.1) is 6.10 Å². The molecule has 1 aliphatic rings. The van der Waals surface area contributed by atoms with Gasteiger partial charge in [0, 0.05) is 13.0 Å². The van der Waals surface area contributed by atoms with E-state index in [0.29, 0.717) is 12.0 Å². The maximum absolute atomic E-state index is 5.63. The van der Waals surface area contributed by atoms with Crippen LogP contribution in [0.1, 0.15) is 36.8 Å². The quantitative estimate of drug-likeness (QED) is 0.776. The van der Waals surface area contributed by atoms with Crippen LogP contribution in [0.3, 0.4) is 0 Å². The van der Waals surface area contributed by atoms with Crippen molar-refractivity contribution in [3.8, 4) is 0 Å². The first-order valence-corrected chi connectivity index (χ1v) is 7.89. The summed E-state index contributed by atoms with van der Waals surface area (Å²) in [7, 11) is 1.84. The predicted octanol–water partition coefficient (Wildman–Crippen LogP) is 4.86. The van der Waals surface area contributed by atoms with Crippen LogP contribution >= 0.6 is 0 Å². The van der Waals surface area contributed by atoms with E-state index in [-0.39, 0.29) is 0 Å². The van der Waals surface area contributed by atoms with Gasteiger partial charge < -0.3 is 4.74 Å². The molecule has 0 spiro atoms. The maximum atomic E-state index is 5.63. The normalized spacial score (nSPS) is 22.4. The summed E-state index contributed by atoms with van der Waals surface area (Å²) in [6, 6.07) is 21.7. The van der Waals surface area contributed by atoms with Gasteiger partial charge in [-0.05, 0) is 36.3 Å². The first kappa shape index (κ1) is 14.3. The molecule has 1 fully saturated rings. The molecule has 0 N–H and O–H groups in total. The minimum Gasteiger partial charge on any atom is -0.381 e. The lowest BCUT2D eigenvalue weighted by Gasteiger charge is -2.34. The first-order chi connectivity index (χ1) is 10.4. The van der Waals surface area contributed by atoms with Crippen molar-refractivity contribution in [3.63, 3.8) is 0 Å². The fourth-order valence-corrected chi connectivity index (χ4v) is 3.49. The highest BCUT2D eigenvalue weighted by atomic mass is 16.5. The second-order valence-corrected chi connectivity index (χ2v) is 5.87. The molecule has 2 atom stereocenters. The van der Waals surface area contributed by atoms with Crippen molar-refractivity contribution in [3.05, 3.63) is 77.7 Å². The lowest BCUT2D eigenvalue weighted by molar-refractivity contribution is 0.0548. The average molecular weight is 279 g/mol.